The van der Waals surface area contributed by atoms with E-state index in [0.29, 0.717) is 17.6 Å². The maximum absolute atomic E-state index is 12.8. The topological polar surface area (TPSA) is 45.5 Å². The van der Waals surface area contributed by atoms with Gasteiger partial charge in [-0.1, -0.05) is 12.1 Å². The molecule has 1 aromatic heterocycles. The maximum Gasteiger partial charge on any atom is 0.289 e. The second-order valence-electron chi connectivity index (χ2n) is 6.05. The summed E-state index contributed by atoms with van der Waals surface area (Å²) < 4.78 is 6.67. The van der Waals surface area contributed by atoms with E-state index in [2.05, 4.69) is 28.2 Å². The molecule has 3 heterocycles. The molecule has 110 valence electrons. The van der Waals surface area contributed by atoms with E-state index in [9.17, 15) is 4.79 Å². The lowest BCUT2D eigenvalue weighted by Crippen LogP contribution is -2.37. The van der Waals surface area contributed by atoms with Gasteiger partial charge in [0.05, 0.1) is 4.47 Å². The second-order valence-corrected chi connectivity index (χ2v) is 6.90. The van der Waals surface area contributed by atoms with Gasteiger partial charge in [-0.15, -0.1) is 0 Å². The van der Waals surface area contributed by atoms with Gasteiger partial charge in [-0.3, -0.25) is 4.79 Å². The molecule has 2 saturated heterocycles. The Kier molecular flexibility index (Phi) is 3.08. The van der Waals surface area contributed by atoms with Gasteiger partial charge in [0.15, 0.2) is 5.76 Å². The SMILES string of the molecule is CC1C2CNCC2CN1C(=O)c1cc2cccc(Br)c2o1. The Labute approximate surface area is 131 Å². The standard InChI is InChI=1S/C16H17BrN2O2/c1-9-12-7-18-6-11(12)8-19(9)16(20)14-5-10-3-2-4-13(17)15(10)21-14/h2-5,9,11-12,18H,6-8H2,1H3. The normalized spacial score (nSPS) is 28.3. The minimum absolute atomic E-state index is 0.0139. The van der Waals surface area contributed by atoms with Gasteiger partial charge in [-0.25, -0.2) is 0 Å². The van der Waals surface area contributed by atoms with Crippen LogP contribution in [0, 0.1) is 11.8 Å². The minimum Gasteiger partial charge on any atom is -0.450 e. The van der Waals surface area contributed by atoms with E-state index in [1.54, 1.807) is 0 Å². The number of amides is 1. The van der Waals surface area contributed by atoms with Gasteiger partial charge in [0.25, 0.3) is 5.91 Å². The predicted molar refractivity (Wildman–Crippen MR) is 84.3 cm³/mol. The van der Waals surface area contributed by atoms with Gasteiger partial charge >= 0.3 is 0 Å². The van der Waals surface area contributed by atoms with Gasteiger partial charge in [-0.05, 0) is 46.8 Å². The van der Waals surface area contributed by atoms with Gasteiger partial charge in [-0.2, -0.15) is 0 Å². The molecule has 1 amide bonds. The molecule has 2 aliphatic rings. The monoisotopic (exact) mass is 348 g/mol. The number of nitrogens with one attached hydrogen (secondary N) is 1. The van der Waals surface area contributed by atoms with Crippen molar-refractivity contribution >= 4 is 32.8 Å². The fourth-order valence-electron chi connectivity index (χ4n) is 3.71. The van der Waals surface area contributed by atoms with E-state index in [-0.39, 0.29) is 11.9 Å². The predicted octanol–water partition coefficient (Wildman–Crippen LogP) is 2.88. The van der Waals surface area contributed by atoms with Crippen LogP contribution in [0.15, 0.2) is 33.2 Å². The number of carbonyl (C=O) groups is 1. The molecule has 1 aromatic carbocycles. The summed E-state index contributed by atoms with van der Waals surface area (Å²) in [7, 11) is 0. The van der Waals surface area contributed by atoms with Gasteiger partial charge in [0.2, 0.25) is 0 Å². The number of hydrogen-bond acceptors (Lipinski definition) is 3. The van der Waals surface area contributed by atoms with Crippen molar-refractivity contribution in [3.8, 4) is 0 Å². The minimum atomic E-state index is 0.0139. The summed E-state index contributed by atoms with van der Waals surface area (Å²) in [6.45, 7) is 5.01. The molecule has 2 aliphatic heterocycles. The van der Waals surface area contributed by atoms with Gasteiger partial charge in [0.1, 0.15) is 5.58 Å². The molecule has 3 atom stereocenters. The van der Waals surface area contributed by atoms with Crippen LogP contribution >= 0.6 is 15.9 Å². The van der Waals surface area contributed by atoms with E-state index < -0.39 is 0 Å². The number of benzene rings is 1. The van der Waals surface area contributed by atoms with Crippen LogP contribution in [-0.4, -0.2) is 36.5 Å². The van der Waals surface area contributed by atoms with E-state index in [1.807, 2.05) is 29.2 Å². The largest absolute Gasteiger partial charge is 0.450 e. The summed E-state index contributed by atoms with van der Waals surface area (Å²) in [6.07, 6.45) is 0. The highest BCUT2D eigenvalue weighted by molar-refractivity contribution is 9.10. The summed E-state index contributed by atoms with van der Waals surface area (Å²) in [4.78, 5) is 14.7. The molecule has 3 unspecified atom stereocenters. The maximum atomic E-state index is 12.8. The highest BCUT2D eigenvalue weighted by Gasteiger charge is 2.44. The second kappa shape index (κ2) is 4.85. The van der Waals surface area contributed by atoms with Crippen molar-refractivity contribution in [2.45, 2.75) is 13.0 Å². The molecule has 21 heavy (non-hydrogen) atoms. The number of hydrogen-bond donors (Lipinski definition) is 1. The Morgan fingerprint density at radius 3 is 3.05 bits per heavy atom. The zero-order valence-corrected chi connectivity index (χ0v) is 13.4. The molecule has 0 aliphatic carbocycles. The third kappa shape index (κ3) is 2.02. The fourth-order valence-corrected chi connectivity index (χ4v) is 4.17. The van der Waals surface area contributed by atoms with Crippen molar-refractivity contribution < 1.29 is 9.21 Å². The molecular formula is C16H17BrN2O2. The Balaban J connectivity index is 1.66. The number of furan rings is 1. The molecule has 4 nitrogen and oxygen atoms in total. The zero-order valence-electron chi connectivity index (χ0n) is 11.8. The van der Waals surface area contributed by atoms with Crippen LogP contribution < -0.4 is 5.32 Å². The number of carbonyl (C=O) groups excluding carboxylic acids is 1. The average Bonchev–Trinajstić information content (AvgIpc) is 3.15. The molecule has 1 N–H and O–H groups in total. The van der Waals surface area contributed by atoms with Crippen LogP contribution in [0.5, 0.6) is 0 Å². The Morgan fingerprint density at radius 1 is 1.43 bits per heavy atom. The van der Waals surface area contributed by atoms with Crippen LogP contribution in [0.4, 0.5) is 0 Å². The number of nitrogens with zero attached hydrogens (tertiary/aromatic N) is 1. The summed E-state index contributed by atoms with van der Waals surface area (Å²) in [5.41, 5.74) is 0.745. The van der Waals surface area contributed by atoms with E-state index in [4.69, 9.17) is 4.42 Å². The van der Waals surface area contributed by atoms with E-state index in [1.165, 1.54) is 0 Å². The van der Waals surface area contributed by atoms with Crippen LogP contribution in [0.3, 0.4) is 0 Å². The first-order valence-corrected chi connectivity index (χ1v) is 8.14. The molecule has 4 rings (SSSR count). The lowest BCUT2D eigenvalue weighted by molar-refractivity contribution is 0.0698. The highest BCUT2D eigenvalue weighted by atomic mass is 79.9. The third-order valence-corrected chi connectivity index (χ3v) is 5.53. The summed E-state index contributed by atoms with van der Waals surface area (Å²) >= 11 is 3.47. The van der Waals surface area contributed by atoms with E-state index in [0.717, 1.165) is 35.1 Å². The van der Waals surface area contributed by atoms with Crippen molar-refractivity contribution in [3.05, 3.63) is 34.5 Å². The molecule has 5 heteroatoms. The number of rotatable bonds is 1. The lowest BCUT2D eigenvalue weighted by atomic mass is 9.95. The van der Waals surface area contributed by atoms with Crippen molar-refractivity contribution in [1.82, 2.24) is 10.2 Å². The number of para-hydroxylation sites is 1. The first-order chi connectivity index (χ1) is 10.1. The molecular weight excluding hydrogens is 332 g/mol. The van der Waals surface area contributed by atoms with Gasteiger partial charge < -0.3 is 14.6 Å². The average molecular weight is 349 g/mol. The first-order valence-electron chi connectivity index (χ1n) is 7.35. The Hall–Kier alpha value is -1.33. The summed E-state index contributed by atoms with van der Waals surface area (Å²) in [5.74, 6) is 1.61. The summed E-state index contributed by atoms with van der Waals surface area (Å²) in [6, 6.07) is 7.96. The van der Waals surface area contributed by atoms with Crippen LogP contribution in [-0.2, 0) is 0 Å². The fraction of sp³-hybridized carbons (Fsp3) is 0.438. The summed E-state index contributed by atoms with van der Waals surface area (Å²) in [5, 5.41) is 4.37. The quantitative estimate of drug-likeness (QED) is 0.861. The Morgan fingerprint density at radius 2 is 2.29 bits per heavy atom. The molecule has 2 fully saturated rings. The van der Waals surface area contributed by atoms with Crippen LogP contribution in [0.2, 0.25) is 0 Å². The number of halogens is 1. The molecule has 2 aromatic rings. The molecule has 0 saturated carbocycles. The first kappa shape index (κ1) is 13.3. The number of likely N-dealkylation sites (tertiary alicyclic amines) is 1. The van der Waals surface area contributed by atoms with Crippen LogP contribution in [0.25, 0.3) is 11.0 Å². The van der Waals surface area contributed by atoms with Crippen molar-refractivity contribution in [2.75, 3.05) is 19.6 Å². The van der Waals surface area contributed by atoms with Crippen molar-refractivity contribution in [2.24, 2.45) is 11.8 Å². The molecule has 0 bridgehead atoms. The smallest absolute Gasteiger partial charge is 0.289 e. The Bertz CT molecular complexity index is 711. The third-order valence-electron chi connectivity index (χ3n) is 4.90. The van der Waals surface area contributed by atoms with Crippen molar-refractivity contribution in [3.63, 3.8) is 0 Å². The molecule has 0 spiro atoms. The van der Waals surface area contributed by atoms with Gasteiger partial charge in [0, 0.05) is 31.1 Å². The zero-order chi connectivity index (χ0) is 14.6. The van der Waals surface area contributed by atoms with Crippen LogP contribution in [0.1, 0.15) is 17.5 Å². The van der Waals surface area contributed by atoms with E-state index >= 15 is 0 Å². The lowest BCUT2D eigenvalue weighted by Gasteiger charge is -2.23. The highest BCUT2D eigenvalue weighted by Crippen LogP contribution is 2.34. The number of fused-ring (bicyclic) bond motifs is 2. The molecule has 0 radical (unpaired) electrons. The van der Waals surface area contributed by atoms with Crippen molar-refractivity contribution in [1.29, 1.82) is 0 Å².